The summed E-state index contributed by atoms with van der Waals surface area (Å²) in [5.41, 5.74) is -0.0254. The lowest BCUT2D eigenvalue weighted by atomic mass is 9.88. The molecule has 0 amide bonds. The van der Waals surface area contributed by atoms with Gasteiger partial charge in [0.1, 0.15) is 0 Å². The first kappa shape index (κ1) is 18.7. The monoisotopic (exact) mass is 269 g/mol. The average molecular weight is 269 g/mol. The smallest absolute Gasteiger partial charge is 0.0803 e. The molecule has 0 spiro atoms. The normalized spacial score (nSPS) is 16.0. The number of hydrogen-bond acceptors (Lipinski definition) is 2. The molecule has 0 aromatic carbocycles. The third-order valence-corrected chi connectivity index (χ3v) is 3.95. The minimum atomic E-state index is -0.0254. The van der Waals surface area contributed by atoms with E-state index in [1.54, 1.807) is 0 Å². The number of hydrogen-bond donors (Lipinski definition) is 1. The van der Waals surface area contributed by atoms with Gasteiger partial charge in [0.25, 0.3) is 0 Å². The molecule has 114 valence electrons. The van der Waals surface area contributed by atoms with Gasteiger partial charge in [0.15, 0.2) is 0 Å². The Kier molecular flexibility index (Phi) is 11.3. The molecule has 0 aliphatic rings. The van der Waals surface area contributed by atoms with Gasteiger partial charge >= 0.3 is 0 Å². The van der Waals surface area contributed by atoms with Crippen LogP contribution in [-0.4, -0.2) is 24.8 Å². The van der Waals surface area contributed by atoms with Gasteiger partial charge in [0, 0.05) is 12.6 Å². The van der Waals surface area contributed by atoms with E-state index < -0.39 is 0 Å². The van der Waals surface area contributed by atoms with Crippen LogP contribution < -0.4 is 5.32 Å². The number of unbranched alkanes of at least 4 members (excludes halogenated alkanes) is 3. The fourth-order valence-corrected chi connectivity index (χ4v) is 2.53. The minimum absolute atomic E-state index is 0.0254. The van der Waals surface area contributed by atoms with Gasteiger partial charge in [-0.1, -0.05) is 32.8 Å². The Morgan fingerprint density at radius 3 is 2.47 bits per heavy atom. The van der Waals surface area contributed by atoms with Crippen molar-refractivity contribution < 1.29 is 4.74 Å². The molecule has 0 aromatic rings. The van der Waals surface area contributed by atoms with Gasteiger partial charge < -0.3 is 10.1 Å². The van der Waals surface area contributed by atoms with E-state index in [0.717, 1.165) is 26.0 Å². The van der Waals surface area contributed by atoms with Crippen molar-refractivity contribution >= 4 is 0 Å². The molecule has 0 heterocycles. The molecule has 2 heteroatoms. The molecule has 0 radical (unpaired) electrons. The zero-order valence-electron chi connectivity index (χ0n) is 13.6. The summed E-state index contributed by atoms with van der Waals surface area (Å²) in [6.07, 6.45) is 10.4. The van der Waals surface area contributed by atoms with Crippen LogP contribution in [0.2, 0.25) is 0 Å². The van der Waals surface area contributed by atoms with E-state index in [-0.39, 0.29) is 5.60 Å². The fourth-order valence-electron chi connectivity index (χ4n) is 2.53. The summed E-state index contributed by atoms with van der Waals surface area (Å²) >= 11 is 0. The van der Waals surface area contributed by atoms with Crippen molar-refractivity contribution in [2.45, 2.75) is 84.3 Å². The molecule has 1 N–H and O–H groups in total. The van der Waals surface area contributed by atoms with E-state index in [9.17, 15) is 0 Å². The number of ether oxygens (including phenoxy) is 1. The summed E-state index contributed by atoms with van der Waals surface area (Å²) in [5.74, 6) is 0. The van der Waals surface area contributed by atoms with E-state index in [1.807, 2.05) is 6.08 Å². The second-order valence-corrected chi connectivity index (χ2v) is 5.53. The third-order valence-electron chi connectivity index (χ3n) is 3.95. The van der Waals surface area contributed by atoms with Crippen molar-refractivity contribution in [2.75, 3.05) is 13.2 Å². The van der Waals surface area contributed by atoms with E-state index in [2.05, 4.69) is 39.6 Å². The molecule has 2 unspecified atom stereocenters. The second kappa shape index (κ2) is 11.5. The van der Waals surface area contributed by atoms with Gasteiger partial charge in [-0.25, -0.2) is 0 Å². The lowest BCUT2D eigenvalue weighted by Gasteiger charge is -2.37. The van der Waals surface area contributed by atoms with E-state index in [1.165, 1.54) is 32.1 Å². The van der Waals surface area contributed by atoms with Crippen molar-refractivity contribution in [1.82, 2.24) is 5.32 Å². The molecule has 0 aliphatic heterocycles. The molecule has 0 aliphatic carbocycles. The highest BCUT2D eigenvalue weighted by molar-refractivity contribution is 4.88. The first-order valence-corrected chi connectivity index (χ1v) is 8.12. The maximum atomic E-state index is 6.04. The maximum absolute atomic E-state index is 6.04. The van der Waals surface area contributed by atoms with Gasteiger partial charge in [-0.3, -0.25) is 0 Å². The second-order valence-electron chi connectivity index (χ2n) is 5.53. The molecule has 0 bridgehead atoms. The first-order chi connectivity index (χ1) is 9.14. The van der Waals surface area contributed by atoms with E-state index in [4.69, 9.17) is 4.74 Å². The predicted molar refractivity (Wildman–Crippen MR) is 85.7 cm³/mol. The molecule has 0 saturated carbocycles. The first-order valence-electron chi connectivity index (χ1n) is 8.12. The highest BCUT2D eigenvalue weighted by Crippen LogP contribution is 2.24. The number of rotatable bonds is 13. The average Bonchev–Trinajstić information content (AvgIpc) is 2.42. The third kappa shape index (κ3) is 7.74. The Morgan fingerprint density at radius 2 is 1.95 bits per heavy atom. The Hall–Kier alpha value is -0.340. The molecule has 0 rings (SSSR count). The zero-order chi connectivity index (χ0) is 14.6. The predicted octanol–water partition coefficient (Wildman–Crippen LogP) is 4.70. The van der Waals surface area contributed by atoms with Crippen molar-refractivity contribution in [1.29, 1.82) is 0 Å². The van der Waals surface area contributed by atoms with Crippen molar-refractivity contribution in [3.05, 3.63) is 12.7 Å². The van der Waals surface area contributed by atoms with Crippen LogP contribution in [0, 0.1) is 0 Å². The Bertz CT molecular complexity index is 217. The Morgan fingerprint density at radius 1 is 1.21 bits per heavy atom. The minimum Gasteiger partial charge on any atom is -0.374 e. The highest BCUT2D eigenvalue weighted by Gasteiger charge is 2.32. The lowest BCUT2D eigenvalue weighted by Crippen LogP contribution is -2.50. The summed E-state index contributed by atoms with van der Waals surface area (Å²) < 4.78 is 6.04. The molecule has 0 saturated heterocycles. The summed E-state index contributed by atoms with van der Waals surface area (Å²) in [6.45, 7) is 14.5. The Balaban J connectivity index is 4.29. The van der Waals surface area contributed by atoms with Crippen LogP contribution in [0.15, 0.2) is 12.7 Å². The summed E-state index contributed by atoms with van der Waals surface area (Å²) in [4.78, 5) is 0. The molecule has 19 heavy (non-hydrogen) atoms. The van der Waals surface area contributed by atoms with E-state index in [0.29, 0.717) is 6.04 Å². The highest BCUT2D eigenvalue weighted by atomic mass is 16.5. The van der Waals surface area contributed by atoms with Gasteiger partial charge in [-0.2, -0.15) is 0 Å². The zero-order valence-corrected chi connectivity index (χ0v) is 13.6. The largest absolute Gasteiger partial charge is 0.374 e. The van der Waals surface area contributed by atoms with Gasteiger partial charge in [-0.05, 0) is 52.5 Å². The summed E-state index contributed by atoms with van der Waals surface area (Å²) in [7, 11) is 0. The van der Waals surface area contributed by atoms with Crippen LogP contribution in [0.3, 0.4) is 0 Å². The van der Waals surface area contributed by atoms with E-state index >= 15 is 0 Å². The summed E-state index contributed by atoms with van der Waals surface area (Å²) in [6, 6.07) is 0.473. The van der Waals surface area contributed by atoms with Crippen LogP contribution >= 0.6 is 0 Å². The van der Waals surface area contributed by atoms with Crippen molar-refractivity contribution in [2.24, 2.45) is 0 Å². The lowest BCUT2D eigenvalue weighted by molar-refractivity contribution is -0.0574. The SMILES string of the molecule is C=CCCCCCC(NCCC)C(C)(CC)OCC. The summed E-state index contributed by atoms with van der Waals surface area (Å²) in [5, 5.41) is 3.69. The molecular weight excluding hydrogens is 234 g/mol. The van der Waals surface area contributed by atoms with Crippen LogP contribution in [0.5, 0.6) is 0 Å². The molecular formula is C17H35NO. The van der Waals surface area contributed by atoms with Crippen LogP contribution in [0.1, 0.15) is 72.6 Å². The maximum Gasteiger partial charge on any atom is 0.0803 e. The quantitative estimate of drug-likeness (QED) is 0.387. The molecule has 2 atom stereocenters. The van der Waals surface area contributed by atoms with Gasteiger partial charge in [0.05, 0.1) is 5.60 Å². The number of allylic oxidation sites excluding steroid dienone is 1. The molecule has 0 fully saturated rings. The standard InChI is InChI=1S/C17H35NO/c1-6-10-11-12-13-14-16(18-15-7-2)17(5,8-3)19-9-4/h6,16,18H,1,7-15H2,2-5H3. The molecule has 0 aromatic heterocycles. The molecule has 2 nitrogen and oxygen atoms in total. The van der Waals surface area contributed by atoms with Gasteiger partial charge in [-0.15, -0.1) is 6.58 Å². The van der Waals surface area contributed by atoms with Crippen LogP contribution in [-0.2, 0) is 4.74 Å². The topological polar surface area (TPSA) is 21.3 Å². The van der Waals surface area contributed by atoms with Crippen LogP contribution in [0.4, 0.5) is 0 Å². The van der Waals surface area contributed by atoms with Gasteiger partial charge in [0.2, 0.25) is 0 Å². The Labute approximate surface area is 121 Å². The van der Waals surface area contributed by atoms with Crippen molar-refractivity contribution in [3.63, 3.8) is 0 Å². The van der Waals surface area contributed by atoms with Crippen LogP contribution in [0.25, 0.3) is 0 Å². The number of nitrogens with one attached hydrogen (secondary N) is 1. The fraction of sp³-hybridized carbons (Fsp3) is 0.882. The van der Waals surface area contributed by atoms with Crippen molar-refractivity contribution in [3.8, 4) is 0 Å².